The van der Waals surface area contributed by atoms with Gasteiger partial charge in [0.05, 0.1) is 46.0 Å². The Labute approximate surface area is 269 Å². The highest BCUT2D eigenvalue weighted by Crippen LogP contribution is 2.43. The summed E-state index contributed by atoms with van der Waals surface area (Å²) in [4.78, 5) is 10.6. The summed E-state index contributed by atoms with van der Waals surface area (Å²) in [6, 6.07) is 29.3. The third-order valence-corrected chi connectivity index (χ3v) is 10.5. The van der Waals surface area contributed by atoms with Crippen molar-refractivity contribution in [3.05, 3.63) is 106 Å². The molecule has 0 bridgehead atoms. The molecule has 0 unspecified atom stereocenters. The molecule has 2 heterocycles. The first-order valence-electron chi connectivity index (χ1n) is 16.6. The predicted molar refractivity (Wildman–Crippen MR) is 181 cm³/mol. The van der Waals surface area contributed by atoms with Crippen LogP contribution in [0.2, 0.25) is 0 Å². The van der Waals surface area contributed by atoms with Crippen molar-refractivity contribution in [2.45, 2.75) is 97.3 Å². The second-order valence-corrected chi connectivity index (χ2v) is 14.9. The lowest BCUT2D eigenvalue weighted by Crippen LogP contribution is -2.25. The maximum Gasteiger partial charge on any atom is 0.0991 e. The number of benzene rings is 2. The minimum Gasteiger partial charge on any atom is -0.252 e. The molecule has 0 amide bonds. The summed E-state index contributed by atoms with van der Waals surface area (Å²) in [5.41, 5.74) is 9.72. The summed E-state index contributed by atoms with van der Waals surface area (Å²) in [7, 11) is 0. The number of pyridine rings is 2. The van der Waals surface area contributed by atoms with Crippen LogP contribution in [-0.2, 0) is 18.3 Å². The summed E-state index contributed by atoms with van der Waals surface area (Å²) < 4.78 is 0. The fourth-order valence-electron chi connectivity index (χ4n) is 7.74. The molecule has 0 atom stereocenters. The number of hydrogen-bond acceptors (Lipinski definition) is 4. The van der Waals surface area contributed by atoms with E-state index in [-0.39, 0.29) is 0 Å². The van der Waals surface area contributed by atoms with Crippen LogP contribution in [0, 0.1) is 33.5 Å². The molecule has 6 rings (SSSR count). The molecule has 0 radical (unpaired) electrons. The molecule has 4 nitrogen and oxygen atoms in total. The normalized spacial score (nSPS) is 17.1. The van der Waals surface area contributed by atoms with E-state index in [1.165, 1.54) is 62.5 Å². The van der Waals surface area contributed by atoms with Crippen molar-refractivity contribution < 1.29 is 0 Å². The van der Waals surface area contributed by atoms with Crippen LogP contribution in [0.1, 0.15) is 113 Å². The lowest BCUT2D eigenvalue weighted by atomic mass is 9.78. The van der Waals surface area contributed by atoms with Gasteiger partial charge in [-0.15, -0.1) is 0 Å². The lowest BCUT2D eigenvalue weighted by Gasteiger charge is -2.29. The van der Waals surface area contributed by atoms with Gasteiger partial charge in [-0.2, -0.15) is 10.5 Å². The molecule has 4 aromatic rings. The molecule has 2 aromatic heterocycles. The minimum atomic E-state index is -0.484. The summed E-state index contributed by atoms with van der Waals surface area (Å²) in [6.07, 6.45) is 12.2. The van der Waals surface area contributed by atoms with E-state index < -0.39 is 5.41 Å². The van der Waals surface area contributed by atoms with Crippen molar-refractivity contribution in [2.75, 3.05) is 0 Å². The van der Waals surface area contributed by atoms with Crippen molar-refractivity contribution in [1.29, 1.82) is 10.5 Å². The van der Waals surface area contributed by atoms with Crippen LogP contribution in [0.25, 0.3) is 22.5 Å². The van der Waals surface area contributed by atoms with E-state index in [2.05, 4.69) is 76.2 Å². The van der Waals surface area contributed by atoms with Gasteiger partial charge in [-0.1, -0.05) is 63.8 Å². The average Bonchev–Trinajstić information content (AvgIpc) is 3.68. The zero-order valence-corrected chi connectivity index (χ0v) is 27.3. The molecule has 45 heavy (non-hydrogen) atoms. The molecular weight excluding hydrogens is 548 g/mol. The number of rotatable bonds is 8. The fourth-order valence-corrected chi connectivity index (χ4v) is 7.74. The maximum atomic E-state index is 9.62. The SMILES string of the molecule is CC1(Cc2cc(-c3cccc(C#N)c3)nc(C(C)(C)c3cc(CC4(C)CCCC4)cc(-c4cccc(C#N)c4)n3)c2)CCCC1. The van der Waals surface area contributed by atoms with Crippen molar-refractivity contribution in [1.82, 2.24) is 9.97 Å². The maximum absolute atomic E-state index is 9.62. The highest BCUT2D eigenvalue weighted by Gasteiger charge is 2.33. The smallest absolute Gasteiger partial charge is 0.0991 e. The van der Waals surface area contributed by atoms with Crippen molar-refractivity contribution in [3.63, 3.8) is 0 Å². The Morgan fingerprint density at radius 2 is 1.02 bits per heavy atom. The molecule has 0 spiro atoms. The highest BCUT2D eigenvalue weighted by molar-refractivity contribution is 5.64. The zero-order valence-electron chi connectivity index (χ0n) is 27.3. The van der Waals surface area contributed by atoms with Crippen molar-refractivity contribution >= 4 is 0 Å². The Balaban J connectivity index is 1.49. The molecule has 4 heteroatoms. The van der Waals surface area contributed by atoms with Gasteiger partial charge in [0.2, 0.25) is 0 Å². The monoisotopic (exact) mass is 592 g/mol. The molecule has 0 N–H and O–H groups in total. The zero-order chi connectivity index (χ0) is 31.7. The molecule has 2 aromatic carbocycles. The first-order chi connectivity index (χ1) is 21.6. The number of nitrogens with zero attached hydrogens (tertiary/aromatic N) is 4. The fraction of sp³-hybridized carbons (Fsp3) is 0.415. The van der Waals surface area contributed by atoms with Crippen LogP contribution in [0.3, 0.4) is 0 Å². The standard InChI is InChI=1S/C41H44N4/c1-39(2,37-23-31(25-40(3)15-5-6-16-40)21-35(44-37)33-13-9-11-29(19-33)27-42)38-24-32(26-41(4)17-7-8-18-41)22-36(45-38)34-14-10-12-30(20-34)28-43/h9-14,19-24H,5-8,15-18,25-26H2,1-4H3. The summed E-state index contributed by atoms with van der Waals surface area (Å²) in [6.45, 7) is 9.34. The van der Waals surface area contributed by atoms with E-state index in [4.69, 9.17) is 9.97 Å². The van der Waals surface area contributed by atoms with E-state index in [0.717, 1.165) is 46.7 Å². The Kier molecular flexibility index (Phi) is 8.37. The van der Waals surface area contributed by atoms with Gasteiger partial charge in [0.25, 0.3) is 0 Å². The summed E-state index contributed by atoms with van der Waals surface area (Å²) >= 11 is 0. The van der Waals surface area contributed by atoms with Gasteiger partial charge in [0.15, 0.2) is 0 Å². The van der Waals surface area contributed by atoms with Crippen LogP contribution >= 0.6 is 0 Å². The first-order valence-corrected chi connectivity index (χ1v) is 16.6. The van der Waals surface area contributed by atoms with Gasteiger partial charge < -0.3 is 0 Å². The quantitative estimate of drug-likeness (QED) is 0.204. The van der Waals surface area contributed by atoms with Crippen LogP contribution in [0.5, 0.6) is 0 Å². The molecule has 0 saturated heterocycles. The number of aromatic nitrogens is 2. The third kappa shape index (κ3) is 6.72. The molecule has 228 valence electrons. The largest absolute Gasteiger partial charge is 0.252 e. The predicted octanol–water partition coefficient (Wildman–Crippen LogP) is 10.1. The van der Waals surface area contributed by atoms with Crippen LogP contribution in [-0.4, -0.2) is 9.97 Å². The van der Waals surface area contributed by atoms with Gasteiger partial charge >= 0.3 is 0 Å². The Hall–Kier alpha value is -4.28. The van der Waals surface area contributed by atoms with Crippen LogP contribution < -0.4 is 0 Å². The highest BCUT2D eigenvalue weighted by atomic mass is 14.8. The van der Waals surface area contributed by atoms with E-state index in [1.54, 1.807) is 0 Å². The van der Waals surface area contributed by atoms with Gasteiger partial charge in [0, 0.05) is 16.5 Å². The molecule has 0 aliphatic heterocycles. The van der Waals surface area contributed by atoms with Gasteiger partial charge in [0.1, 0.15) is 0 Å². The topological polar surface area (TPSA) is 73.4 Å². The average molecular weight is 593 g/mol. The molecular formula is C41H44N4. The van der Waals surface area contributed by atoms with E-state index in [1.807, 2.05) is 36.4 Å². The Morgan fingerprint density at radius 3 is 1.40 bits per heavy atom. The van der Waals surface area contributed by atoms with Gasteiger partial charge in [-0.25, -0.2) is 0 Å². The number of nitriles is 2. The van der Waals surface area contributed by atoms with E-state index in [9.17, 15) is 10.5 Å². The van der Waals surface area contributed by atoms with Gasteiger partial charge in [-0.05, 0) is 123 Å². The van der Waals surface area contributed by atoms with Crippen molar-refractivity contribution in [3.8, 4) is 34.7 Å². The molecule has 2 aliphatic carbocycles. The van der Waals surface area contributed by atoms with Crippen LogP contribution in [0.4, 0.5) is 0 Å². The first kappa shape index (κ1) is 30.7. The third-order valence-electron chi connectivity index (χ3n) is 10.5. The number of hydrogen-bond donors (Lipinski definition) is 0. The second-order valence-electron chi connectivity index (χ2n) is 14.9. The van der Waals surface area contributed by atoms with E-state index >= 15 is 0 Å². The Bertz CT molecular complexity index is 1660. The van der Waals surface area contributed by atoms with Crippen molar-refractivity contribution in [2.24, 2.45) is 10.8 Å². The molecule has 2 fully saturated rings. The second kappa shape index (κ2) is 12.3. The van der Waals surface area contributed by atoms with Gasteiger partial charge in [-0.3, -0.25) is 9.97 Å². The summed E-state index contributed by atoms with van der Waals surface area (Å²) in [5, 5.41) is 19.2. The lowest BCUT2D eigenvalue weighted by molar-refractivity contribution is 0.334. The summed E-state index contributed by atoms with van der Waals surface area (Å²) in [5.74, 6) is 0. The minimum absolute atomic E-state index is 0.294. The van der Waals surface area contributed by atoms with Crippen LogP contribution in [0.15, 0.2) is 72.8 Å². The Morgan fingerprint density at radius 1 is 0.622 bits per heavy atom. The molecule has 2 saturated carbocycles. The molecule has 2 aliphatic rings. The van der Waals surface area contributed by atoms with E-state index in [0.29, 0.717) is 22.0 Å².